The van der Waals surface area contributed by atoms with Crippen LogP contribution in [0.5, 0.6) is 0 Å². The lowest BCUT2D eigenvalue weighted by atomic mass is 10.0. The molecule has 0 fully saturated rings. The standard InChI is InChI=1S/C38H21NS2/c1-2-8-26-22(7-1)13-15-33-38(26)28-10-3-5-11-32(28)39(33)25-14-16-35-31(21-25)30-18-23-17-29-27-9-4-6-12-34(27)40-36(29)19-24(23)20-37(30)41-35/h1-21H. The Morgan fingerprint density at radius 1 is 0.366 bits per heavy atom. The number of aromatic nitrogens is 1. The predicted octanol–water partition coefficient (Wildman–Crippen LogP) is 11.8. The summed E-state index contributed by atoms with van der Waals surface area (Å²) in [5.41, 5.74) is 3.70. The number of fused-ring (bicyclic) bond motifs is 12. The predicted molar refractivity (Wildman–Crippen MR) is 182 cm³/mol. The molecule has 0 amide bonds. The van der Waals surface area contributed by atoms with Crippen LogP contribution in [-0.4, -0.2) is 4.57 Å². The van der Waals surface area contributed by atoms with Crippen molar-refractivity contribution >= 4 is 106 Å². The molecule has 0 N–H and O–H groups in total. The third-order valence-corrected chi connectivity index (χ3v) is 11.0. The average Bonchev–Trinajstić information content (AvgIpc) is 3.67. The van der Waals surface area contributed by atoms with Crippen LogP contribution in [0.2, 0.25) is 0 Å². The molecule has 0 saturated carbocycles. The highest BCUT2D eigenvalue weighted by Crippen LogP contribution is 2.42. The first-order valence-electron chi connectivity index (χ1n) is 13.9. The van der Waals surface area contributed by atoms with Crippen molar-refractivity contribution in [3.8, 4) is 5.69 Å². The van der Waals surface area contributed by atoms with Gasteiger partial charge in [-0.3, -0.25) is 0 Å². The van der Waals surface area contributed by atoms with Crippen molar-refractivity contribution in [3.63, 3.8) is 0 Å². The van der Waals surface area contributed by atoms with Gasteiger partial charge in [0, 0.05) is 56.8 Å². The van der Waals surface area contributed by atoms with Gasteiger partial charge in [-0.15, -0.1) is 22.7 Å². The second-order valence-electron chi connectivity index (χ2n) is 11.0. The van der Waals surface area contributed by atoms with Crippen molar-refractivity contribution in [2.75, 3.05) is 0 Å². The Balaban J connectivity index is 1.26. The van der Waals surface area contributed by atoms with Gasteiger partial charge in [-0.1, -0.05) is 66.7 Å². The smallest absolute Gasteiger partial charge is 0.0547 e. The summed E-state index contributed by atoms with van der Waals surface area (Å²) in [5.74, 6) is 0. The molecule has 3 heterocycles. The van der Waals surface area contributed by atoms with E-state index >= 15 is 0 Å². The molecular formula is C38H21NS2. The van der Waals surface area contributed by atoms with Crippen molar-refractivity contribution in [2.45, 2.75) is 0 Å². The van der Waals surface area contributed by atoms with E-state index in [2.05, 4.69) is 132 Å². The van der Waals surface area contributed by atoms with Gasteiger partial charge >= 0.3 is 0 Å². The van der Waals surface area contributed by atoms with E-state index in [4.69, 9.17) is 0 Å². The lowest BCUT2D eigenvalue weighted by Gasteiger charge is -2.09. The maximum absolute atomic E-state index is 2.45. The summed E-state index contributed by atoms with van der Waals surface area (Å²) in [6.45, 7) is 0. The van der Waals surface area contributed by atoms with Crippen molar-refractivity contribution in [3.05, 3.63) is 127 Å². The Morgan fingerprint density at radius 3 is 1.85 bits per heavy atom. The summed E-state index contributed by atoms with van der Waals surface area (Å²) in [6, 6.07) is 47.5. The second kappa shape index (κ2) is 7.94. The number of para-hydroxylation sites is 1. The highest BCUT2D eigenvalue weighted by Gasteiger charge is 2.16. The molecule has 1 nitrogen and oxygen atoms in total. The minimum atomic E-state index is 1.21. The highest BCUT2D eigenvalue weighted by molar-refractivity contribution is 7.26. The van der Waals surface area contributed by atoms with Gasteiger partial charge in [0.15, 0.2) is 0 Å². The van der Waals surface area contributed by atoms with Crippen molar-refractivity contribution in [1.29, 1.82) is 0 Å². The maximum atomic E-state index is 2.45. The topological polar surface area (TPSA) is 4.93 Å². The first-order valence-corrected chi connectivity index (χ1v) is 15.6. The Labute approximate surface area is 243 Å². The molecule has 0 atom stereocenters. The number of hydrogen-bond acceptors (Lipinski definition) is 2. The number of nitrogens with zero attached hydrogens (tertiary/aromatic N) is 1. The molecule has 7 aromatic carbocycles. The molecule has 0 bridgehead atoms. The first kappa shape index (κ1) is 22.0. The minimum Gasteiger partial charge on any atom is -0.309 e. The molecule has 0 aliphatic heterocycles. The van der Waals surface area contributed by atoms with E-state index < -0.39 is 0 Å². The van der Waals surface area contributed by atoms with Gasteiger partial charge in [0.25, 0.3) is 0 Å². The van der Waals surface area contributed by atoms with E-state index in [1.54, 1.807) is 0 Å². The van der Waals surface area contributed by atoms with E-state index in [9.17, 15) is 0 Å². The van der Waals surface area contributed by atoms with Crippen LogP contribution in [0.25, 0.3) is 89.4 Å². The van der Waals surface area contributed by atoms with Crippen LogP contribution in [0.4, 0.5) is 0 Å². The van der Waals surface area contributed by atoms with E-state index in [0.29, 0.717) is 0 Å². The molecule has 41 heavy (non-hydrogen) atoms. The molecule has 10 rings (SSSR count). The van der Waals surface area contributed by atoms with Crippen LogP contribution in [0.3, 0.4) is 0 Å². The summed E-state index contributed by atoms with van der Waals surface area (Å²) in [6.07, 6.45) is 0. The highest BCUT2D eigenvalue weighted by atomic mass is 32.1. The summed E-state index contributed by atoms with van der Waals surface area (Å²) in [7, 11) is 0. The summed E-state index contributed by atoms with van der Waals surface area (Å²) in [4.78, 5) is 0. The molecule has 0 radical (unpaired) electrons. The van der Waals surface area contributed by atoms with Gasteiger partial charge in [0.05, 0.1) is 11.0 Å². The summed E-state index contributed by atoms with van der Waals surface area (Å²) >= 11 is 3.79. The Morgan fingerprint density at radius 2 is 1.00 bits per heavy atom. The molecule has 0 aliphatic rings. The van der Waals surface area contributed by atoms with E-state index in [1.807, 2.05) is 22.7 Å². The van der Waals surface area contributed by atoms with Crippen LogP contribution in [0.15, 0.2) is 127 Å². The molecule has 3 heteroatoms. The largest absolute Gasteiger partial charge is 0.309 e. The number of benzene rings is 7. The van der Waals surface area contributed by atoms with Gasteiger partial charge in [-0.25, -0.2) is 0 Å². The SMILES string of the molecule is c1ccc2c(c1)ccc1c2c2ccccc2n1-c1ccc2sc3cc4cc5sc6ccccc6c5cc4cc3c2c1. The van der Waals surface area contributed by atoms with Gasteiger partial charge in [-0.05, 0) is 82.2 Å². The number of rotatable bonds is 1. The van der Waals surface area contributed by atoms with Crippen molar-refractivity contribution in [2.24, 2.45) is 0 Å². The molecule has 3 aromatic heterocycles. The maximum Gasteiger partial charge on any atom is 0.0547 e. The second-order valence-corrected chi connectivity index (χ2v) is 13.1. The zero-order valence-electron chi connectivity index (χ0n) is 21.9. The Hall–Kier alpha value is -4.70. The number of hydrogen-bond donors (Lipinski definition) is 0. The summed E-state index contributed by atoms with van der Waals surface area (Å²) < 4.78 is 7.84. The van der Waals surface area contributed by atoms with Crippen molar-refractivity contribution < 1.29 is 0 Å². The summed E-state index contributed by atoms with van der Waals surface area (Å²) in [5, 5.41) is 13.2. The van der Waals surface area contributed by atoms with Gasteiger partial charge < -0.3 is 4.57 Å². The fraction of sp³-hybridized carbons (Fsp3) is 0. The zero-order valence-corrected chi connectivity index (χ0v) is 23.5. The quantitative estimate of drug-likeness (QED) is 0.190. The van der Waals surface area contributed by atoms with E-state index in [1.165, 1.54) is 89.4 Å². The number of thiophene rings is 2. The van der Waals surface area contributed by atoms with Crippen LogP contribution < -0.4 is 0 Å². The van der Waals surface area contributed by atoms with Crippen LogP contribution in [-0.2, 0) is 0 Å². The molecule has 0 spiro atoms. The minimum absolute atomic E-state index is 1.21. The molecule has 0 unspecified atom stereocenters. The molecule has 10 aromatic rings. The lowest BCUT2D eigenvalue weighted by molar-refractivity contribution is 1.19. The molecule has 0 aliphatic carbocycles. The van der Waals surface area contributed by atoms with Crippen LogP contribution in [0.1, 0.15) is 0 Å². The fourth-order valence-electron chi connectivity index (χ4n) is 6.89. The average molecular weight is 556 g/mol. The van der Waals surface area contributed by atoms with Gasteiger partial charge in [0.1, 0.15) is 0 Å². The van der Waals surface area contributed by atoms with Crippen LogP contribution in [0, 0.1) is 0 Å². The molecule has 0 saturated heterocycles. The Bertz CT molecular complexity index is 2700. The van der Waals surface area contributed by atoms with Gasteiger partial charge in [-0.2, -0.15) is 0 Å². The monoisotopic (exact) mass is 555 g/mol. The first-order chi connectivity index (χ1) is 20.3. The van der Waals surface area contributed by atoms with Crippen LogP contribution >= 0.6 is 22.7 Å². The zero-order chi connectivity index (χ0) is 26.7. The fourth-order valence-corrected chi connectivity index (χ4v) is 9.14. The van der Waals surface area contributed by atoms with Gasteiger partial charge in [0.2, 0.25) is 0 Å². The molecule has 190 valence electrons. The normalized spacial score (nSPS) is 12.4. The third-order valence-electron chi connectivity index (χ3n) is 8.73. The third kappa shape index (κ3) is 3.00. The van der Waals surface area contributed by atoms with E-state index in [0.717, 1.165) is 0 Å². The Kier molecular flexibility index (Phi) is 4.27. The molecular weight excluding hydrogens is 535 g/mol. The van der Waals surface area contributed by atoms with Crippen molar-refractivity contribution in [1.82, 2.24) is 4.57 Å². The van der Waals surface area contributed by atoms with E-state index in [-0.39, 0.29) is 0 Å². The lowest BCUT2D eigenvalue weighted by Crippen LogP contribution is -1.93.